The first-order chi connectivity index (χ1) is 11.4. The van der Waals surface area contributed by atoms with Crippen LogP contribution in [0.1, 0.15) is 41.0 Å². The van der Waals surface area contributed by atoms with Crippen LogP contribution in [0.15, 0.2) is 40.6 Å². The van der Waals surface area contributed by atoms with Crippen LogP contribution in [0.25, 0.3) is 0 Å². The van der Waals surface area contributed by atoms with Gasteiger partial charge in [0.2, 0.25) is 5.91 Å². The molecule has 1 N–H and O–H groups in total. The Bertz CT molecular complexity index is 796. The normalized spacial score (nSPS) is 12.8. The van der Waals surface area contributed by atoms with Gasteiger partial charge in [0.15, 0.2) is 9.84 Å². The van der Waals surface area contributed by atoms with E-state index in [9.17, 15) is 13.2 Å². The average molecular weight is 366 g/mol. The molecule has 1 atom stereocenters. The summed E-state index contributed by atoms with van der Waals surface area (Å²) >= 11 is 1.40. The van der Waals surface area contributed by atoms with Crippen LogP contribution in [0.5, 0.6) is 0 Å². The summed E-state index contributed by atoms with van der Waals surface area (Å²) in [6, 6.07) is 9.07. The zero-order valence-electron chi connectivity index (χ0n) is 14.2. The van der Waals surface area contributed by atoms with Gasteiger partial charge in [0.25, 0.3) is 0 Å². The maximum Gasteiger partial charge on any atom is 0.220 e. The summed E-state index contributed by atoms with van der Waals surface area (Å²) in [6.07, 6.45) is 1.14. The molecule has 0 spiro atoms. The molecular formula is C18H23NO3S2. The molecule has 1 amide bonds. The van der Waals surface area contributed by atoms with Crippen LogP contribution >= 0.6 is 11.3 Å². The number of sulfone groups is 1. The van der Waals surface area contributed by atoms with Crippen LogP contribution < -0.4 is 5.32 Å². The minimum absolute atomic E-state index is 0.0923. The number of hydrogen-bond acceptors (Lipinski definition) is 4. The monoisotopic (exact) mass is 365 g/mol. The Labute approximate surface area is 147 Å². The number of aryl methyl sites for hydroxylation is 2. The van der Waals surface area contributed by atoms with Gasteiger partial charge in [-0.1, -0.05) is 25.1 Å². The number of thiophene rings is 1. The third-order valence-corrected chi connectivity index (χ3v) is 7.20. The van der Waals surface area contributed by atoms with Gasteiger partial charge in [0.05, 0.1) is 4.90 Å². The smallest absolute Gasteiger partial charge is 0.220 e. The van der Waals surface area contributed by atoms with E-state index in [1.54, 1.807) is 13.0 Å². The first-order valence-electron chi connectivity index (χ1n) is 7.97. The van der Waals surface area contributed by atoms with Crippen molar-refractivity contribution in [3.63, 3.8) is 0 Å². The van der Waals surface area contributed by atoms with Crippen LogP contribution in [0, 0.1) is 13.8 Å². The molecule has 1 aromatic carbocycles. The van der Waals surface area contributed by atoms with E-state index in [2.05, 4.69) is 5.32 Å². The zero-order valence-corrected chi connectivity index (χ0v) is 15.8. The highest BCUT2D eigenvalue weighted by Gasteiger charge is 2.31. The van der Waals surface area contributed by atoms with Crippen molar-refractivity contribution in [2.24, 2.45) is 0 Å². The van der Waals surface area contributed by atoms with E-state index < -0.39 is 15.1 Å². The molecule has 6 heteroatoms. The summed E-state index contributed by atoms with van der Waals surface area (Å²) in [7, 11) is -3.59. The van der Waals surface area contributed by atoms with Crippen molar-refractivity contribution in [2.45, 2.75) is 43.8 Å². The summed E-state index contributed by atoms with van der Waals surface area (Å²) in [4.78, 5) is 12.9. The van der Waals surface area contributed by atoms with E-state index in [1.807, 2.05) is 43.5 Å². The highest BCUT2D eigenvalue weighted by molar-refractivity contribution is 7.92. The molecule has 24 heavy (non-hydrogen) atoms. The van der Waals surface area contributed by atoms with Crippen molar-refractivity contribution in [1.82, 2.24) is 5.32 Å². The van der Waals surface area contributed by atoms with Crippen LogP contribution in [0.2, 0.25) is 0 Å². The Morgan fingerprint density at radius 2 is 2.00 bits per heavy atom. The fourth-order valence-corrected chi connectivity index (χ4v) is 5.64. The van der Waals surface area contributed by atoms with Crippen LogP contribution in [-0.4, -0.2) is 20.9 Å². The molecule has 130 valence electrons. The number of rotatable bonds is 7. The van der Waals surface area contributed by atoms with Gasteiger partial charge in [-0.2, -0.15) is 0 Å². The fourth-order valence-electron chi connectivity index (χ4n) is 2.53. The number of nitrogens with one attached hydrogen (secondary N) is 1. The summed E-state index contributed by atoms with van der Waals surface area (Å²) in [5, 5.41) is 3.86. The quantitative estimate of drug-likeness (QED) is 0.812. The lowest BCUT2D eigenvalue weighted by atomic mass is 10.2. The molecule has 2 rings (SSSR count). The molecule has 0 saturated heterocycles. The SMILES string of the molecule is CCCC(=O)NC[C@H](c1cccs1)S(=O)(=O)c1cc(C)ccc1C. The highest BCUT2D eigenvalue weighted by atomic mass is 32.2. The summed E-state index contributed by atoms with van der Waals surface area (Å²) < 4.78 is 26.5. The summed E-state index contributed by atoms with van der Waals surface area (Å²) in [6.45, 7) is 5.69. The largest absolute Gasteiger partial charge is 0.354 e. The van der Waals surface area contributed by atoms with Crippen molar-refractivity contribution < 1.29 is 13.2 Å². The van der Waals surface area contributed by atoms with Crippen LogP contribution in [-0.2, 0) is 14.6 Å². The number of amides is 1. The van der Waals surface area contributed by atoms with Gasteiger partial charge in [-0.15, -0.1) is 11.3 Å². The van der Waals surface area contributed by atoms with E-state index in [1.165, 1.54) is 11.3 Å². The molecule has 0 saturated carbocycles. The third kappa shape index (κ3) is 4.24. The third-order valence-electron chi connectivity index (χ3n) is 3.85. The van der Waals surface area contributed by atoms with E-state index in [0.717, 1.165) is 22.4 Å². The lowest BCUT2D eigenvalue weighted by Crippen LogP contribution is -2.31. The van der Waals surface area contributed by atoms with Crippen molar-refractivity contribution in [3.05, 3.63) is 51.7 Å². The van der Waals surface area contributed by atoms with Gasteiger partial charge in [-0.3, -0.25) is 4.79 Å². The summed E-state index contributed by atoms with van der Waals surface area (Å²) in [5.74, 6) is -0.116. The first-order valence-corrected chi connectivity index (χ1v) is 10.4. The molecule has 0 radical (unpaired) electrons. The molecule has 0 unspecified atom stereocenters. The molecule has 1 aromatic heterocycles. The Morgan fingerprint density at radius 1 is 1.25 bits per heavy atom. The first kappa shape index (κ1) is 18.7. The fraction of sp³-hybridized carbons (Fsp3) is 0.389. The van der Waals surface area contributed by atoms with E-state index in [-0.39, 0.29) is 12.5 Å². The predicted octanol–water partition coefficient (Wildman–Crippen LogP) is 3.80. The number of carbonyl (C=O) groups excluding carboxylic acids is 1. The molecule has 2 aromatic rings. The molecule has 1 heterocycles. The minimum atomic E-state index is -3.59. The van der Waals surface area contributed by atoms with E-state index >= 15 is 0 Å². The Morgan fingerprint density at radius 3 is 2.62 bits per heavy atom. The predicted molar refractivity (Wildman–Crippen MR) is 98.1 cm³/mol. The minimum Gasteiger partial charge on any atom is -0.354 e. The van der Waals surface area contributed by atoms with Crippen molar-refractivity contribution >= 4 is 27.1 Å². The lowest BCUT2D eigenvalue weighted by Gasteiger charge is -2.19. The maximum absolute atomic E-state index is 13.2. The second kappa shape index (κ2) is 7.94. The Balaban J connectivity index is 2.39. The van der Waals surface area contributed by atoms with Gasteiger partial charge >= 0.3 is 0 Å². The second-order valence-corrected chi connectivity index (χ2v) is 8.95. The average Bonchev–Trinajstić information content (AvgIpc) is 3.04. The van der Waals surface area contributed by atoms with Crippen LogP contribution in [0.4, 0.5) is 0 Å². The van der Waals surface area contributed by atoms with Crippen LogP contribution in [0.3, 0.4) is 0 Å². The van der Waals surface area contributed by atoms with Gasteiger partial charge in [0.1, 0.15) is 5.25 Å². The topological polar surface area (TPSA) is 63.2 Å². The van der Waals surface area contributed by atoms with Crippen molar-refractivity contribution in [3.8, 4) is 0 Å². The molecule has 0 aliphatic rings. The van der Waals surface area contributed by atoms with Crippen molar-refractivity contribution in [2.75, 3.05) is 6.54 Å². The molecule has 0 aliphatic heterocycles. The molecule has 0 bridgehead atoms. The van der Waals surface area contributed by atoms with Crippen molar-refractivity contribution in [1.29, 1.82) is 0 Å². The van der Waals surface area contributed by atoms with Gasteiger partial charge in [-0.05, 0) is 48.9 Å². The van der Waals surface area contributed by atoms with Gasteiger partial charge in [-0.25, -0.2) is 8.42 Å². The molecule has 0 aliphatic carbocycles. The van der Waals surface area contributed by atoms with E-state index in [0.29, 0.717) is 11.3 Å². The van der Waals surface area contributed by atoms with E-state index in [4.69, 9.17) is 0 Å². The molecular weight excluding hydrogens is 342 g/mol. The Hall–Kier alpha value is -1.66. The molecule has 4 nitrogen and oxygen atoms in total. The highest BCUT2D eigenvalue weighted by Crippen LogP contribution is 2.33. The second-order valence-electron chi connectivity index (χ2n) is 5.87. The molecule has 0 fully saturated rings. The van der Waals surface area contributed by atoms with Gasteiger partial charge < -0.3 is 5.32 Å². The number of hydrogen-bond donors (Lipinski definition) is 1. The maximum atomic E-state index is 13.2. The summed E-state index contributed by atoms with van der Waals surface area (Å²) in [5.41, 5.74) is 1.63. The number of benzene rings is 1. The lowest BCUT2D eigenvalue weighted by molar-refractivity contribution is -0.121. The number of carbonyl (C=O) groups is 1. The van der Waals surface area contributed by atoms with Gasteiger partial charge in [0, 0.05) is 17.8 Å². The Kier molecular flexibility index (Phi) is 6.18. The standard InChI is InChI=1S/C18H23NO3S2/c1-4-6-18(20)19-12-17(15-7-5-10-23-15)24(21,22)16-11-13(2)8-9-14(16)3/h5,7-11,17H,4,6,12H2,1-3H3,(H,19,20)/t17-/m1/s1. The zero-order chi connectivity index (χ0) is 17.7.